The predicted octanol–water partition coefficient (Wildman–Crippen LogP) is 4.06. The summed E-state index contributed by atoms with van der Waals surface area (Å²) in [5, 5.41) is 20.1. The summed E-state index contributed by atoms with van der Waals surface area (Å²) in [6, 6.07) is 17.7. The summed E-state index contributed by atoms with van der Waals surface area (Å²) in [5.74, 6) is -1.10. The van der Waals surface area contributed by atoms with Gasteiger partial charge in [0.05, 0.1) is 18.1 Å². The van der Waals surface area contributed by atoms with Gasteiger partial charge < -0.3 is 20.6 Å². The Kier molecular flexibility index (Phi) is 6.68. The summed E-state index contributed by atoms with van der Waals surface area (Å²) in [6.07, 6.45) is -0.0344. The fourth-order valence-electron chi connectivity index (χ4n) is 3.96. The Morgan fingerprint density at radius 2 is 1.42 bits per heavy atom. The van der Waals surface area contributed by atoms with Crippen LogP contribution in [0.15, 0.2) is 72.8 Å². The van der Waals surface area contributed by atoms with Crippen LogP contribution in [0.25, 0.3) is 0 Å². The van der Waals surface area contributed by atoms with Crippen LogP contribution in [0.3, 0.4) is 0 Å². The van der Waals surface area contributed by atoms with Crippen molar-refractivity contribution in [2.45, 2.75) is 25.0 Å². The van der Waals surface area contributed by atoms with Crippen molar-refractivity contribution in [1.29, 1.82) is 0 Å². The number of halogens is 2. The zero-order chi connectivity index (χ0) is 21.3. The first-order valence-corrected chi connectivity index (χ1v) is 9.75. The molecule has 4 rings (SSSR count). The largest absolute Gasteiger partial charge is 0.508 e. The second kappa shape index (κ2) is 9.24. The Balaban J connectivity index is 0.00000272. The molecule has 0 saturated carbocycles. The van der Waals surface area contributed by atoms with E-state index in [0.29, 0.717) is 24.1 Å². The van der Waals surface area contributed by atoms with Gasteiger partial charge in [0.1, 0.15) is 17.4 Å². The minimum absolute atomic E-state index is 0. The van der Waals surface area contributed by atoms with E-state index in [9.17, 15) is 23.8 Å². The van der Waals surface area contributed by atoms with Gasteiger partial charge in [0, 0.05) is 5.69 Å². The Morgan fingerprint density at radius 3 is 2.00 bits per heavy atom. The van der Waals surface area contributed by atoms with E-state index >= 15 is 0 Å². The number of amides is 1. The number of aromatic hydroxyl groups is 1. The van der Waals surface area contributed by atoms with Crippen molar-refractivity contribution < 1.29 is 29.3 Å². The molecule has 0 spiro atoms. The normalized spacial score (nSPS) is 18.8. The van der Waals surface area contributed by atoms with Crippen LogP contribution in [0.5, 0.6) is 5.75 Å². The Hall–Kier alpha value is -3.29. The maximum absolute atomic E-state index is 13.3. The van der Waals surface area contributed by atoms with E-state index in [0.717, 1.165) is 5.56 Å². The summed E-state index contributed by atoms with van der Waals surface area (Å²) in [4.78, 5) is 14.6. The highest BCUT2D eigenvalue weighted by atomic mass is 19.1. The lowest BCUT2D eigenvalue weighted by molar-refractivity contribution is -0.131. The molecule has 3 atom stereocenters. The smallest absolute Gasteiger partial charge is 0.233 e. The van der Waals surface area contributed by atoms with E-state index in [4.69, 9.17) is 0 Å². The van der Waals surface area contributed by atoms with Gasteiger partial charge in [-0.2, -0.15) is 0 Å². The first-order valence-electron chi connectivity index (χ1n) is 9.75. The number of benzene rings is 3. The van der Waals surface area contributed by atoms with Crippen LogP contribution in [-0.2, 0) is 4.79 Å². The maximum atomic E-state index is 13.3. The lowest BCUT2D eigenvalue weighted by Crippen LogP contribution is -2.55. The first kappa shape index (κ1) is 22.4. The molecule has 1 heterocycles. The SMILES string of the molecule is O.O=C1C(CCC(O)c2ccc(F)cc2)C(c2ccc(O)cc2)N1c1ccc(F)cc1. The van der Waals surface area contributed by atoms with Gasteiger partial charge in [0.15, 0.2) is 0 Å². The van der Waals surface area contributed by atoms with E-state index in [1.807, 2.05) is 0 Å². The zero-order valence-electron chi connectivity index (χ0n) is 16.6. The average Bonchev–Trinajstić information content (AvgIpc) is 2.74. The lowest BCUT2D eigenvalue weighted by atomic mass is 9.78. The molecule has 5 nitrogen and oxygen atoms in total. The van der Waals surface area contributed by atoms with Crippen molar-refractivity contribution in [3.63, 3.8) is 0 Å². The summed E-state index contributed by atoms with van der Waals surface area (Å²) in [5.41, 5.74) is 2.03. The minimum atomic E-state index is -0.807. The van der Waals surface area contributed by atoms with E-state index < -0.39 is 6.10 Å². The lowest BCUT2D eigenvalue weighted by Gasteiger charge is -2.48. The van der Waals surface area contributed by atoms with Crippen molar-refractivity contribution in [3.05, 3.63) is 95.6 Å². The fourth-order valence-corrected chi connectivity index (χ4v) is 3.96. The highest BCUT2D eigenvalue weighted by Crippen LogP contribution is 2.46. The maximum Gasteiger partial charge on any atom is 0.233 e. The Bertz CT molecular complexity index is 1020. The number of hydrogen-bond acceptors (Lipinski definition) is 3. The number of phenolic OH excluding ortho intramolecular Hbond substituents is 1. The molecule has 0 aliphatic carbocycles. The van der Waals surface area contributed by atoms with Crippen molar-refractivity contribution in [2.24, 2.45) is 5.92 Å². The van der Waals surface area contributed by atoms with E-state index in [1.54, 1.807) is 41.3 Å². The first-order chi connectivity index (χ1) is 14.4. The average molecular weight is 427 g/mol. The highest BCUT2D eigenvalue weighted by molar-refractivity contribution is 6.03. The summed E-state index contributed by atoms with van der Waals surface area (Å²) >= 11 is 0. The van der Waals surface area contributed by atoms with Gasteiger partial charge >= 0.3 is 0 Å². The van der Waals surface area contributed by atoms with Gasteiger partial charge in [-0.25, -0.2) is 8.78 Å². The van der Waals surface area contributed by atoms with Crippen LogP contribution in [0.2, 0.25) is 0 Å². The van der Waals surface area contributed by atoms with Crippen LogP contribution in [0, 0.1) is 17.6 Å². The van der Waals surface area contributed by atoms with Gasteiger partial charge in [-0.15, -0.1) is 0 Å². The van der Waals surface area contributed by atoms with Crippen LogP contribution in [0.1, 0.15) is 36.1 Å². The summed E-state index contributed by atoms with van der Waals surface area (Å²) in [6.45, 7) is 0. The second-order valence-corrected chi connectivity index (χ2v) is 7.47. The van der Waals surface area contributed by atoms with Gasteiger partial charge in [-0.3, -0.25) is 4.79 Å². The molecule has 1 saturated heterocycles. The van der Waals surface area contributed by atoms with E-state index in [2.05, 4.69) is 0 Å². The van der Waals surface area contributed by atoms with Crippen LogP contribution < -0.4 is 4.90 Å². The molecular weight excluding hydrogens is 404 g/mol. The number of β-lactam (4-membered cyclic amide) rings is 1. The molecular formula is C24H23F2NO4. The molecule has 7 heteroatoms. The number of anilines is 1. The molecule has 0 bridgehead atoms. The Labute approximate surface area is 178 Å². The summed E-state index contributed by atoms with van der Waals surface area (Å²) < 4.78 is 26.4. The van der Waals surface area contributed by atoms with Crippen LogP contribution in [0.4, 0.5) is 14.5 Å². The van der Waals surface area contributed by atoms with Gasteiger partial charge in [0.2, 0.25) is 5.91 Å². The topological polar surface area (TPSA) is 92.3 Å². The number of carbonyl (C=O) groups is 1. The second-order valence-electron chi connectivity index (χ2n) is 7.47. The number of nitrogens with zero attached hydrogens (tertiary/aromatic N) is 1. The quantitative estimate of drug-likeness (QED) is 0.581. The van der Waals surface area contributed by atoms with E-state index in [-0.39, 0.29) is 40.7 Å². The van der Waals surface area contributed by atoms with Crippen molar-refractivity contribution >= 4 is 11.6 Å². The molecule has 3 aromatic carbocycles. The Morgan fingerprint density at radius 1 is 0.871 bits per heavy atom. The highest BCUT2D eigenvalue weighted by Gasteiger charge is 2.48. The van der Waals surface area contributed by atoms with Crippen LogP contribution in [-0.4, -0.2) is 21.6 Å². The predicted molar refractivity (Wildman–Crippen MR) is 112 cm³/mol. The molecule has 1 amide bonds. The zero-order valence-corrected chi connectivity index (χ0v) is 16.6. The van der Waals surface area contributed by atoms with Crippen molar-refractivity contribution in [3.8, 4) is 5.75 Å². The molecule has 3 unspecified atom stereocenters. The number of aliphatic hydroxyl groups excluding tert-OH is 1. The van der Waals surface area contributed by atoms with Gasteiger partial charge in [-0.1, -0.05) is 24.3 Å². The molecule has 0 aromatic heterocycles. The number of aliphatic hydroxyl groups is 1. The van der Waals surface area contributed by atoms with Gasteiger partial charge in [0.25, 0.3) is 0 Å². The molecule has 1 aliphatic heterocycles. The standard InChI is InChI=1S/C24H21F2NO3.H2O/c25-17-5-1-15(2-6-17)22(29)14-13-21-23(16-3-11-20(28)12-4-16)27(24(21)30)19-9-7-18(26)8-10-19;/h1-12,21-23,28-29H,13-14H2;1H2. The third-order valence-electron chi connectivity index (χ3n) is 5.56. The fraction of sp³-hybridized carbons (Fsp3) is 0.208. The number of phenols is 1. The molecule has 4 N–H and O–H groups in total. The number of carbonyl (C=O) groups excluding carboxylic acids is 1. The molecule has 162 valence electrons. The third-order valence-corrected chi connectivity index (χ3v) is 5.56. The summed E-state index contributed by atoms with van der Waals surface area (Å²) in [7, 11) is 0. The third kappa shape index (κ3) is 4.57. The minimum Gasteiger partial charge on any atom is -0.508 e. The molecule has 1 fully saturated rings. The molecule has 1 aliphatic rings. The van der Waals surface area contributed by atoms with Crippen molar-refractivity contribution in [2.75, 3.05) is 4.90 Å². The number of rotatable bonds is 6. The molecule has 0 radical (unpaired) electrons. The van der Waals surface area contributed by atoms with Crippen molar-refractivity contribution in [1.82, 2.24) is 0 Å². The molecule has 31 heavy (non-hydrogen) atoms. The van der Waals surface area contributed by atoms with Crippen LogP contribution >= 0.6 is 0 Å². The number of hydrogen-bond donors (Lipinski definition) is 2. The monoisotopic (exact) mass is 427 g/mol. The van der Waals surface area contributed by atoms with Gasteiger partial charge in [-0.05, 0) is 72.5 Å². The van der Waals surface area contributed by atoms with E-state index in [1.165, 1.54) is 36.4 Å². The molecule has 3 aromatic rings.